The number of piperidine rings is 1. The van der Waals surface area contributed by atoms with Crippen LogP contribution in [0, 0.1) is 11.3 Å². The molecule has 2 amide bonds. The van der Waals surface area contributed by atoms with Gasteiger partial charge in [0.25, 0.3) is 0 Å². The summed E-state index contributed by atoms with van der Waals surface area (Å²) in [5, 5.41) is 14.8. The van der Waals surface area contributed by atoms with Gasteiger partial charge in [0.1, 0.15) is 5.41 Å². The fourth-order valence-corrected chi connectivity index (χ4v) is 3.54. The summed E-state index contributed by atoms with van der Waals surface area (Å²) in [6.07, 6.45) is 4.62. The van der Waals surface area contributed by atoms with Crippen LogP contribution >= 0.6 is 0 Å². The third-order valence-corrected chi connectivity index (χ3v) is 4.79. The number of carbonyl (C=O) groups excluding carboxylic acids is 2. The number of hydrogen-bond acceptors (Lipinski definition) is 4. The molecule has 2 aliphatic rings. The highest BCUT2D eigenvalue weighted by molar-refractivity contribution is 6.07. The lowest BCUT2D eigenvalue weighted by atomic mass is 9.82. The van der Waals surface area contributed by atoms with E-state index >= 15 is 0 Å². The number of oxime groups is 1. The van der Waals surface area contributed by atoms with Gasteiger partial charge in [0.2, 0.25) is 11.8 Å². The normalized spacial score (nSPS) is 25.7. The summed E-state index contributed by atoms with van der Waals surface area (Å²) >= 11 is 0. The van der Waals surface area contributed by atoms with Crippen LogP contribution in [-0.2, 0) is 9.59 Å². The maximum absolute atomic E-state index is 12.9. The van der Waals surface area contributed by atoms with Gasteiger partial charge in [-0.2, -0.15) is 0 Å². The van der Waals surface area contributed by atoms with Crippen LogP contribution in [0.2, 0.25) is 0 Å². The van der Waals surface area contributed by atoms with Gasteiger partial charge >= 0.3 is 0 Å². The van der Waals surface area contributed by atoms with E-state index in [-0.39, 0.29) is 23.6 Å². The van der Waals surface area contributed by atoms with Crippen LogP contribution in [0.15, 0.2) is 5.16 Å². The molecule has 0 aromatic heterocycles. The van der Waals surface area contributed by atoms with Gasteiger partial charge in [-0.1, -0.05) is 18.0 Å². The quantitative estimate of drug-likeness (QED) is 0.301. The first-order valence-electron chi connectivity index (χ1n) is 7.54. The van der Waals surface area contributed by atoms with Gasteiger partial charge in [0.05, 0.1) is 5.92 Å². The Morgan fingerprint density at radius 1 is 1.33 bits per heavy atom. The van der Waals surface area contributed by atoms with Crippen molar-refractivity contribution in [3.05, 3.63) is 0 Å². The van der Waals surface area contributed by atoms with Crippen LogP contribution in [0.3, 0.4) is 0 Å². The molecule has 21 heavy (non-hydrogen) atoms. The van der Waals surface area contributed by atoms with Crippen LogP contribution in [0.1, 0.15) is 38.5 Å². The monoisotopic (exact) mass is 296 g/mol. The Morgan fingerprint density at radius 2 is 2.00 bits per heavy atom. The smallest absolute Gasteiger partial charge is 0.236 e. The maximum Gasteiger partial charge on any atom is 0.236 e. The minimum absolute atomic E-state index is 0.00654. The molecule has 0 radical (unpaired) electrons. The van der Waals surface area contributed by atoms with E-state index in [1.165, 1.54) is 0 Å². The maximum atomic E-state index is 12.9. The van der Waals surface area contributed by atoms with E-state index in [9.17, 15) is 9.59 Å². The first-order chi connectivity index (χ1) is 10.0. The van der Waals surface area contributed by atoms with Crippen molar-refractivity contribution in [2.45, 2.75) is 38.5 Å². The summed E-state index contributed by atoms with van der Waals surface area (Å²) in [5.41, 5.74) is 4.94. The number of carbonyl (C=O) groups is 2. The Kier molecular flexibility index (Phi) is 4.69. The third kappa shape index (κ3) is 2.82. The van der Waals surface area contributed by atoms with Crippen molar-refractivity contribution in [1.29, 1.82) is 0 Å². The van der Waals surface area contributed by atoms with E-state index in [4.69, 9.17) is 10.9 Å². The number of amidine groups is 1. The lowest BCUT2D eigenvalue weighted by Gasteiger charge is -2.37. The molecule has 1 atom stereocenters. The number of nitrogens with one attached hydrogen (secondary N) is 1. The molecular weight excluding hydrogens is 272 g/mol. The fraction of sp³-hybridized carbons (Fsp3) is 0.786. The molecule has 2 fully saturated rings. The van der Waals surface area contributed by atoms with E-state index in [1.807, 2.05) is 0 Å². The van der Waals surface area contributed by atoms with E-state index < -0.39 is 5.41 Å². The number of hydrogen-bond donors (Lipinski definition) is 3. The summed E-state index contributed by atoms with van der Waals surface area (Å²) in [6, 6.07) is 0. The number of nitrogens with zero attached hydrogens (tertiary/aromatic N) is 2. The molecule has 118 valence electrons. The second kappa shape index (κ2) is 6.32. The second-order valence-electron chi connectivity index (χ2n) is 5.98. The first-order valence-corrected chi connectivity index (χ1v) is 7.54. The number of amides is 2. The number of nitrogens with two attached hydrogens (primary N) is 1. The molecule has 4 N–H and O–H groups in total. The van der Waals surface area contributed by atoms with Gasteiger partial charge < -0.3 is 21.2 Å². The molecule has 0 spiro atoms. The van der Waals surface area contributed by atoms with Crippen LogP contribution in [-0.4, -0.2) is 47.9 Å². The highest BCUT2D eigenvalue weighted by Gasteiger charge is 2.48. The zero-order valence-corrected chi connectivity index (χ0v) is 12.5. The van der Waals surface area contributed by atoms with Crippen LogP contribution < -0.4 is 11.1 Å². The van der Waals surface area contributed by atoms with E-state index in [2.05, 4.69) is 10.5 Å². The van der Waals surface area contributed by atoms with Gasteiger partial charge in [-0.25, -0.2) is 0 Å². The van der Waals surface area contributed by atoms with E-state index in [0.717, 1.165) is 25.7 Å². The van der Waals surface area contributed by atoms with Crippen molar-refractivity contribution >= 4 is 17.6 Å². The lowest BCUT2D eigenvalue weighted by Crippen LogP contribution is -2.53. The molecule has 1 heterocycles. The number of likely N-dealkylation sites (tertiary alicyclic amines) is 1. The van der Waals surface area contributed by atoms with Crippen molar-refractivity contribution in [1.82, 2.24) is 10.2 Å². The standard InChI is InChI=1S/C14H24N4O3/c1-16-11(19)10-5-4-8-18(9-10)13(20)14(12(15)17-21)6-2-3-7-14/h10,21H,2-9H2,1H3,(H2,15,17)(H,16,19). The van der Waals surface area contributed by atoms with Crippen LogP contribution in [0.4, 0.5) is 0 Å². The average Bonchev–Trinajstić information content (AvgIpc) is 3.03. The van der Waals surface area contributed by atoms with Crippen molar-refractivity contribution in [3.63, 3.8) is 0 Å². The molecule has 1 aliphatic heterocycles. The second-order valence-corrected chi connectivity index (χ2v) is 5.98. The fourth-order valence-electron chi connectivity index (χ4n) is 3.54. The van der Waals surface area contributed by atoms with Crippen molar-refractivity contribution in [2.75, 3.05) is 20.1 Å². The van der Waals surface area contributed by atoms with Gasteiger partial charge in [-0.15, -0.1) is 0 Å². The zero-order valence-electron chi connectivity index (χ0n) is 12.5. The highest BCUT2D eigenvalue weighted by atomic mass is 16.4. The van der Waals surface area contributed by atoms with Gasteiger partial charge in [-0.3, -0.25) is 9.59 Å². The lowest BCUT2D eigenvalue weighted by molar-refractivity contribution is -0.141. The summed E-state index contributed by atoms with van der Waals surface area (Å²) in [4.78, 5) is 26.4. The van der Waals surface area contributed by atoms with Gasteiger partial charge in [0, 0.05) is 20.1 Å². The molecule has 1 unspecified atom stereocenters. The minimum atomic E-state index is -0.876. The topological polar surface area (TPSA) is 108 Å². The molecule has 7 heteroatoms. The molecule has 1 saturated heterocycles. The molecular formula is C14H24N4O3. The molecule has 0 aromatic carbocycles. The minimum Gasteiger partial charge on any atom is -0.409 e. The predicted octanol–water partition coefficient (Wildman–Crippen LogP) is 0.278. The van der Waals surface area contributed by atoms with Crippen LogP contribution in [0.25, 0.3) is 0 Å². The average molecular weight is 296 g/mol. The van der Waals surface area contributed by atoms with Gasteiger partial charge in [-0.05, 0) is 25.7 Å². The highest BCUT2D eigenvalue weighted by Crippen LogP contribution is 2.40. The summed E-state index contributed by atoms with van der Waals surface area (Å²) in [5.74, 6) is -0.286. The van der Waals surface area contributed by atoms with Gasteiger partial charge in [0.15, 0.2) is 5.84 Å². The largest absolute Gasteiger partial charge is 0.409 e. The molecule has 0 aromatic rings. The SMILES string of the molecule is CNC(=O)C1CCCN(C(=O)C2(C(N)=NO)CCCC2)C1. The van der Waals surface area contributed by atoms with E-state index in [1.54, 1.807) is 11.9 Å². The number of rotatable bonds is 3. The van der Waals surface area contributed by atoms with Crippen LogP contribution in [0.5, 0.6) is 0 Å². The van der Waals surface area contributed by atoms with E-state index in [0.29, 0.717) is 25.9 Å². The Hall–Kier alpha value is -1.79. The Bertz CT molecular complexity index is 444. The van der Waals surface area contributed by atoms with Crippen molar-refractivity contribution in [3.8, 4) is 0 Å². The van der Waals surface area contributed by atoms with Crippen molar-refractivity contribution < 1.29 is 14.8 Å². The Balaban J connectivity index is 2.16. The molecule has 7 nitrogen and oxygen atoms in total. The predicted molar refractivity (Wildman–Crippen MR) is 77.7 cm³/mol. The molecule has 1 aliphatic carbocycles. The Morgan fingerprint density at radius 3 is 2.57 bits per heavy atom. The zero-order chi connectivity index (χ0) is 15.5. The summed E-state index contributed by atoms with van der Waals surface area (Å²) in [7, 11) is 1.61. The Labute approximate surface area is 124 Å². The molecule has 1 saturated carbocycles. The summed E-state index contributed by atoms with van der Waals surface area (Å²) in [6.45, 7) is 1.05. The molecule has 0 bridgehead atoms. The van der Waals surface area contributed by atoms with Crippen molar-refractivity contribution in [2.24, 2.45) is 22.2 Å². The first kappa shape index (κ1) is 15.6. The molecule has 2 rings (SSSR count). The summed E-state index contributed by atoms with van der Waals surface area (Å²) < 4.78 is 0. The third-order valence-electron chi connectivity index (χ3n) is 4.79.